The van der Waals surface area contributed by atoms with Crippen LogP contribution in [0.5, 0.6) is 0 Å². The zero-order valence-electron chi connectivity index (χ0n) is 12.4. The summed E-state index contributed by atoms with van der Waals surface area (Å²) in [5, 5.41) is 0.940. The fourth-order valence-corrected chi connectivity index (χ4v) is 4.62. The fraction of sp³-hybridized carbons (Fsp3) is 0.375. The molecule has 0 N–H and O–H groups in total. The molecule has 1 aliphatic heterocycles. The number of fused-ring (bicyclic) bond motifs is 1. The first-order valence-corrected chi connectivity index (χ1v) is 9.19. The minimum Gasteiger partial charge on any atom is -0.308 e. The molecular weight excluding hydrogens is 300 g/mol. The van der Waals surface area contributed by atoms with E-state index in [4.69, 9.17) is 0 Å². The number of nitrogens with zero attached hydrogens (tertiary/aromatic N) is 2. The maximum absolute atomic E-state index is 12.4. The van der Waals surface area contributed by atoms with Crippen molar-refractivity contribution in [3.05, 3.63) is 36.5 Å². The molecule has 0 aliphatic carbocycles. The number of benzene rings is 1. The van der Waals surface area contributed by atoms with Crippen LogP contribution >= 0.6 is 0 Å². The zero-order valence-corrected chi connectivity index (χ0v) is 13.2. The van der Waals surface area contributed by atoms with Crippen LogP contribution in [0.1, 0.15) is 19.8 Å². The lowest BCUT2D eigenvalue weighted by Gasteiger charge is -2.28. The van der Waals surface area contributed by atoms with Gasteiger partial charge in [-0.3, -0.25) is 9.78 Å². The van der Waals surface area contributed by atoms with Crippen LogP contribution in [-0.2, 0) is 14.6 Å². The predicted molar refractivity (Wildman–Crippen MR) is 86.6 cm³/mol. The number of amides is 1. The molecule has 3 rings (SSSR count). The standard InChI is InChI=1S/C16H18N2O3S/c1-2-16(19)18(14-7-9-22(20,21)11-14)13-5-6-15-12(10-13)4-3-8-17-15/h3-6,8,10,14H,2,7,9,11H2,1H3. The monoisotopic (exact) mass is 318 g/mol. The first kappa shape index (κ1) is 15.0. The lowest BCUT2D eigenvalue weighted by Crippen LogP contribution is -2.41. The smallest absolute Gasteiger partial charge is 0.226 e. The Labute approximate surface area is 129 Å². The van der Waals surface area contributed by atoms with E-state index in [0.717, 1.165) is 16.6 Å². The number of rotatable bonds is 3. The highest BCUT2D eigenvalue weighted by Gasteiger charge is 2.35. The van der Waals surface area contributed by atoms with Gasteiger partial charge in [0.2, 0.25) is 5.91 Å². The highest BCUT2D eigenvalue weighted by Crippen LogP contribution is 2.27. The minimum absolute atomic E-state index is 0.0455. The molecule has 0 radical (unpaired) electrons. The van der Waals surface area contributed by atoms with E-state index in [0.29, 0.717) is 12.8 Å². The number of sulfone groups is 1. The molecule has 1 aliphatic rings. The Bertz CT molecular complexity index is 817. The van der Waals surface area contributed by atoms with E-state index in [1.165, 1.54) is 0 Å². The molecule has 2 heterocycles. The van der Waals surface area contributed by atoms with Crippen LogP contribution < -0.4 is 4.90 Å². The first-order chi connectivity index (χ1) is 10.5. The topological polar surface area (TPSA) is 67.3 Å². The third-order valence-electron chi connectivity index (χ3n) is 4.01. The maximum atomic E-state index is 12.4. The van der Waals surface area contributed by atoms with Crippen molar-refractivity contribution in [1.29, 1.82) is 0 Å². The van der Waals surface area contributed by atoms with Crippen molar-refractivity contribution in [2.24, 2.45) is 0 Å². The van der Waals surface area contributed by atoms with Crippen molar-refractivity contribution >= 4 is 32.3 Å². The average Bonchev–Trinajstić information content (AvgIpc) is 2.87. The number of anilines is 1. The van der Waals surface area contributed by atoms with Gasteiger partial charge in [0, 0.05) is 23.7 Å². The quantitative estimate of drug-likeness (QED) is 0.870. The van der Waals surface area contributed by atoms with Crippen LogP contribution in [0.15, 0.2) is 36.5 Å². The van der Waals surface area contributed by atoms with Gasteiger partial charge in [0.1, 0.15) is 0 Å². The van der Waals surface area contributed by atoms with Gasteiger partial charge < -0.3 is 4.90 Å². The van der Waals surface area contributed by atoms with E-state index in [1.807, 2.05) is 30.3 Å². The van der Waals surface area contributed by atoms with Gasteiger partial charge in [-0.25, -0.2) is 8.42 Å². The largest absolute Gasteiger partial charge is 0.308 e. The molecule has 1 aromatic carbocycles. The van der Waals surface area contributed by atoms with E-state index in [-0.39, 0.29) is 23.5 Å². The van der Waals surface area contributed by atoms with E-state index in [1.54, 1.807) is 18.0 Å². The zero-order chi connectivity index (χ0) is 15.7. The van der Waals surface area contributed by atoms with E-state index >= 15 is 0 Å². The van der Waals surface area contributed by atoms with Crippen molar-refractivity contribution in [3.63, 3.8) is 0 Å². The Balaban J connectivity index is 2.02. The SMILES string of the molecule is CCC(=O)N(c1ccc2ncccc2c1)C1CCS(=O)(=O)C1. The van der Waals surface area contributed by atoms with Crippen LogP contribution in [0.3, 0.4) is 0 Å². The molecule has 1 atom stereocenters. The van der Waals surface area contributed by atoms with Crippen LogP contribution in [0, 0.1) is 0 Å². The van der Waals surface area contributed by atoms with Gasteiger partial charge in [-0.05, 0) is 30.7 Å². The van der Waals surface area contributed by atoms with Gasteiger partial charge in [-0.2, -0.15) is 0 Å². The maximum Gasteiger partial charge on any atom is 0.226 e. The summed E-state index contributed by atoms with van der Waals surface area (Å²) in [6, 6.07) is 9.12. The number of hydrogen-bond donors (Lipinski definition) is 0. The third-order valence-corrected chi connectivity index (χ3v) is 5.76. The summed E-state index contributed by atoms with van der Waals surface area (Å²) in [7, 11) is -3.04. The van der Waals surface area contributed by atoms with Crippen LogP contribution in [0.4, 0.5) is 5.69 Å². The third kappa shape index (κ3) is 2.83. The van der Waals surface area contributed by atoms with E-state index < -0.39 is 9.84 Å². The molecule has 1 unspecified atom stereocenters. The first-order valence-electron chi connectivity index (χ1n) is 7.37. The Morgan fingerprint density at radius 3 is 2.86 bits per heavy atom. The van der Waals surface area contributed by atoms with Crippen molar-refractivity contribution in [2.45, 2.75) is 25.8 Å². The van der Waals surface area contributed by atoms with Crippen molar-refractivity contribution in [2.75, 3.05) is 16.4 Å². The van der Waals surface area contributed by atoms with Gasteiger partial charge in [0.05, 0.1) is 23.1 Å². The van der Waals surface area contributed by atoms with Crippen LogP contribution in [-0.4, -0.2) is 36.9 Å². The summed E-state index contributed by atoms with van der Waals surface area (Å²) < 4.78 is 23.5. The second-order valence-electron chi connectivity index (χ2n) is 5.55. The molecule has 1 amide bonds. The van der Waals surface area contributed by atoms with Gasteiger partial charge in [-0.15, -0.1) is 0 Å². The van der Waals surface area contributed by atoms with Crippen molar-refractivity contribution in [3.8, 4) is 0 Å². The molecule has 5 nitrogen and oxygen atoms in total. The van der Waals surface area contributed by atoms with Gasteiger partial charge in [0.15, 0.2) is 9.84 Å². The predicted octanol–water partition coefficient (Wildman–Crippen LogP) is 2.16. The highest BCUT2D eigenvalue weighted by molar-refractivity contribution is 7.91. The summed E-state index contributed by atoms with van der Waals surface area (Å²) in [6.45, 7) is 1.79. The minimum atomic E-state index is -3.04. The Kier molecular flexibility index (Phi) is 3.87. The second kappa shape index (κ2) is 5.68. The molecule has 1 aromatic heterocycles. The summed E-state index contributed by atoms with van der Waals surface area (Å²) in [5.74, 6) is 0.148. The van der Waals surface area contributed by atoms with Gasteiger partial charge in [0.25, 0.3) is 0 Å². The van der Waals surface area contributed by atoms with Crippen molar-refractivity contribution in [1.82, 2.24) is 4.98 Å². The lowest BCUT2D eigenvalue weighted by atomic mass is 10.1. The number of aromatic nitrogens is 1. The summed E-state index contributed by atoms with van der Waals surface area (Å²) in [4.78, 5) is 18.3. The molecule has 0 bridgehead atoms. The summed E-state index contributed by atoms with van der Waals surface area (Å²) in [6.07, 6.45) is 2.57. The molecule has 22 heavy (non-hydrogen) atoms. The fourth-order valence-electron chi connectivity index (χ4n) is 2.92. The molecule has 0 saturated carbocycles. The molecule has 116 valence electrons. The Hall–Kier alpha value is -1.95. The summed E-state index contributed by atoms with van der Waals surface area (Å²) in [5.41, 5.74) is 1.60. The number of carbonyl (C=O) groups is 1. The molecule has 6 heteroatoms. The number of pyridine rings is 1. The molecule has 1 saturated heterocycles. The second-order valence-corrected chi connectivity index (χ2v) is 7.78. The number of hydrogen-bond acceptors (Lipinski definition) is 4. The van der Waals surface area contributed by atoms with E-state index in [2.05, 4.69) is 4.98 Å². The molecule has 2 aromatic rings. The average molecular weight is 318 g/mol. The van der Waals surface area contributed by atoms with Crippen LogP contribution in [0.2, 0.25) is 0 Å². The molecule has 0 spiro atoms. The highest BCUT2D eigenvalue weighted by atomic mass is 32.2. The number of carbonyl (C=O) groups excluding carboxylic acids is 1. The normalized spacial score (nSPS) is 20.1. The van der Waals surface area contributed by atoms with Gasteiger partial charge >= 0.3 is 0 Å². The van der Waals surface area contributed by atoms with Crippen molar-refractivity contribution < 1.29 is 13.2 Å². The van der Waals surface area contributed by atoms with Crippen LogP contribution in [0.25, 0.3) is 10.9 Å². The lowest BCUT2D eigenvalue weighted by molar-refractivity contribution is -0.118. The Morgan fingerprint density at radius 1 is 1.36 bits per heavy atom. The summed E-state index contributed by atoms with van der Waals surface area (Å²) >= 11 is 0. The Morgan fingerprint density at radius 2 is 2.18 bits per heavy atom. The molecule has 1 fully saturated rings. The molecular formula is C16H18N2O3S. The van der Waals surface area contributed by atoms with E-state index in [9.17, 15) is 13.2 Å². The van der Waals surface area contributed by atoms with Gasteiger partial charge in [-0.1, -0.05) is 13.0 Å².